The highest BCUT2D eigenvalue weighted by atomic mass is 16.3. The number of nitrogens with zero attached hydrogens (tertiary/aromatic N) is 1. The topological polar surface area (TPSA) is 65.9 Å². The smallest absolute Gasteiger partial charge is 0.148 e. The van der Waals surface area contributed by atoms with Gasteiger partial charge in [-0.3, -0.25) is 5.10 Å². The Hall–Kier alpha value is -1.75. The van der Waals surface area contributed by atoms with E-state index >= 15 is 0 Å². The molecule has 3 rings (SSSR count). The van der Waals surface area contributed by atoms with Gasteiger partial charge in [-0.25, -0.2) is 0 Å². The van der Waals surface area contributed by atoms with Crippen molar-refractivity contribution < 1.29 is 4.42 Å². The highest BCUT2D eigenvalue weighted by Crippen LogP contribution is 2.20. The molecule has 1 atom stereocenters. The standard InChI is InChI=1S/C11H14N4O/c1-3-12-6-9(1)13-11-5-10(14-15-11)8-2-4-16-7-8/h2,4-5,7,9,12H,1,3,6H2,(H2,13,14,15). The molecule has 1 aliphatic rings. The highest BCUT2D eigenvalue weighted by molar-refractivity contribution is 5.61. The molecular formula is C11H14N4O. The van der Waals surface area contributed by atoms with Gasteiger partial charge in [-0.2, -0.15) is 5.10 Å². The Morgan fingerprint density at radius 3 is 3.25 bits per heavy atom. The third-order valence-corrected chi connectivity index (χ3v) is 2.82. The Balaban J connectivity index is 1.72. The van der Waals surface area contributed by atoms with Gasteiger partial charge in [0.05, 0.1) is 18.2 Å². The molecule has 0 aromatic carbocycles. The molecule has 84 valence electrons. The molecule has 2 aromatic rings. The summed E-state index contributed by atoms with van der Waals surface area (Å²) < 4.78 is 5.03. The van der Waals surface area contributed by atoms with Gasteiger partial charge in [0.15, 0.2) is 0 Å². The van der Waals surface area contributed by atoms with Gasteiger partial charge in [0, 0.05) is 24.2 Å². The molecule has 0 saturated carbocycles. The molecule has 1 aliphatic heterocycles. The summed E-state index contributed by atoms with van der Waals surface area (Å²) in [5, 5.41) is 13.9. The molecule has 0 radical (unpaired) electrons. The van der Waals surface area contributed by atoms with Crippen molar-refractivity contribution >= 4 is 5.82 Å². The largest absolute Gasteiger partial charge is 0.472 e. The maximum Gasteiger partial charge on any atom is 0.148 e. The second-order valence-electron chi connectivity index (χ2n) is 4.01. The van der Waals surface area contributed by atoms with Crippen molar-refractivity contribution in [2.24, 2.45) is 0 Å². The fraction of sp³-hybridized carbons (Fsp3) is 0.364. The first kappa shape index (κ1) is 9.47. The van der Waals surface area contributed by atoms with Crippen LogP contribution in [-0.2, 0) is 0 Å². The zero-order chi connectivity index (χ0) is 10.8. The zero-order valence-electron chi connectivity index (χ0n) is 8.86. The molecule has 1 saturated heterocycles. The van der Waals surface area contributed by atoms with E-state index in [9.17, 15) is 0 Å². The van der Waals surface area contributed by atoms with Gasteiger partial charge in [-0.1, -0.05) is 0 Å². The molecule has 5 heteroatoms. The first-order chi connectivity index (χ1) is 7.92. The second-order valence-corrected chi connectivity index (χ2v) is 4.01. The molecule has 2 aromatic heterocycles. The second kappa shape index (κ2) is 4.02. The number of aromatic amines is 1. The lowest BCUT2D eigenvalue weighted by Crippen LogP contribution is -2.22. The maximum atomic E-state index is 5.03. The van der Waals surface area contributed by atoms with E-state index in [1.54, 1.807) is 12.5 Å². The average Bonchev–Trinajstić information content (AvgIpc) is 2.99. The fourth-order valence-electron chi connectivity index (χ4n) is 1.95. The molecule has 1 fully saturated rings. The van der Waals surface area contributed by atoms with Crippen LogP contribution in [0.1, 0.15) is 6.42 Å². The first-order valence-electron chi connectivity index (χ1n) is 5.47. The van der Waals surface area contributed by atoms with E-state index in [4.69, 9.17) is 4.42 Å². The molecule has 0 bridgehead atoms. The van der Waals surface area contributed by atoms with Crippen LogP contribution in [-0.4, -0.2) is 29.3 Å². The van der Waals surface area contributed by atoms with Crippen molar-refractivity contribution in [3.8, 4) is 11.3 Å². The van der Waals surface area contributed by atoms with Gasteiger partial charge in [0.2, 0.25) is 0 Å². The molecule has 16 heavy (non-hydrogen) atoms. The molecule has 0 amide bonds. The maximum absolute atomic E-state index is 5.03. The van der Waals surface area contributed by atoms with Crippen LogP contribution in [0.2, 0.25) is 0 Å². The summed E-state index contributed by atoms with van der Waals surface area (Å²) in [6.45, 7) is 2.09. The van der Waals surface area contributed by atoms with E-state index < -0.39 is 0 Å². The first-order valence-corrected chi connectivity index (χ1v) is 5.47. The van der Waals surface area contributed by atoms with Gasteiger partial charge in [-0.05, 0) is 19.0 Å². The van der Waals surface area contributed by atoms with Gasteiger partial charge in [0.25, 0.3) is 0 Å². The van der Waals surface area contributed by atoms with Crippen molar-refractivity contribution in [1.82, 2.24) is 15.5 Å². The quantitative estimate of drug-likeness (QED) is 0.729. The summed E-state index contributed by atoms with van der Waals surface area (Å²) in [6.07, 6.45) is 4.51. The van der Waals surface area contributed by atoms with Crippen molar-refractivity contribution in [2.45, 2.75) is 12.5 Å². The van der Waals surface area contributed by atoms with Gasteiger partial charge < -0.3 is 15.1 Å². The summed E-state index contributed by atoms with van der Waals surface area (Å²) in [7, 11) is 0. The number of hydrogen-bond acceptors (Lipinski definition) is 4. The molecule has 5 nitrogen and oxygen atoms in total. The summed E-state index contributed by atoms with van der Waals surface area (Å²) in [4.78, 5) is 0. The third-order valence-electron chi connectivity index (χ3n) is 2.82. The monoisotopic (exact) mass is 218 g/mol. The number of furan rings is 1. The van der Waals surface area contributed by atoms with Crippen LogP contribution >= 0.6 is 0 Å². The van der Waals surface area contributed by atoms with Crippen LogP contribution in [0.3, 0.4) is 0 Å². The SMILES string of the molecule is c1cc(-c2cc(NC3CCNC3)n[nH]2)co1. The van der Waals surface area contributed by atoms with Crippen LogP contribution in [0, 0.1) is 0 Å². The number of anilines is 1. The Bertz CT molecular complexity index is 442. The molecule has 0 spiro atoms. The normalized spacial score (nSPS) is 20.1. The molecule has 1 unspecified atom stereocenters. The van der Waals surface area contributed by atoms with Crippen LogP contribution in [0.15, 0.2) is 29.1 Å². The Kier molecular flexibility index (Phi) is 2.38. The average molecular weight is 218 g/mol. The van der Waals surface area contributed by atoms with Gasteiger partial charge in [-0.15, -0.1) is 0 Å². The van der Waals surface area contributed by atoms with E-state index in [2.05, 4.69) is 20.8 Å². The zero-order valence-corrected chi connectivity index (χ0v) is 8.86. The summed E-state index contributed by atoms with van der Waals surface area (Å²) >= 11 is 0. The van der Waals surface area contributed by atoms with Crippen molar-refractivity contribution in [2.75, 3.05) is 18.4 Å². The number of H-pyrrole nitrogens is 1. The van der Waals surface area contributed by atoms with E-state index in [0.29, 0.717) is 6.04 Å². The minimum absolute atomic E-state index is 0.487. The third kappa shape index (κ3) is 1.81. The van der Waals surface area contributed by atoms with Gasteiger partial charge in [0.1, 0.15) is 5.82 Å². The minimum Gasteiger partial charge on any atom is -0.472 e. The van der Waals surface area contributed by atoms with Gasteiger partial charge >= 0.3 is 0 Å². The van der Waals surface area contributed by atoms with E-state index in [0.717, 1.165) is 36.6 Å². The lowest BCUT2D eigenvalue weighted by molar-refractivity contribution is 0.568. The lowest BCUT2D eigenvalue weighted by Gasteiger charge is -2.08. The summed E-state index contributed by atoms with van der Waals surface area (Å²) in [5.74, 6) is 0.893. The number of hydrogen-bond donors (Lipinski definition) is 3. The summed E-state index contributed by atoms with van der Waals surface area (Å²) in [6, 6.07) is 4.40. The Labute approximate surface area is 93.2 Å². The predicted molar refractivity (Wildman–Crippen MR) is 61.2 cm³/mol. The number of aromatic nitrogens is 2. The Morgan fingerprint density at radius 1 is 1.50 bits per heavy atom. The Morgan fingerprint density at radius 2 is 2.50 bits per heavy atom. The summed E-state index contributed by atoms with van der Waals surface area (Å²) in [5.41, 5.74) is 1.99. The van der Waals surface area contributed by atoms with Crippen molar-refractivity contribution in [1.29, 1.82) is 0 Å². The highest BCUT2D eigenvalue weighted by Gasteiger charge is 2.15. The van der Waals surface area contributed by atoms with Crippen LogP contribution < -0.4 is 10.6 Å². The van der Waals surface area contributed by atoms with E-state index in [-0.39, 0.29) is 0 Å². The van der Waals surface area contributed by atoms with E-state index in [1.807, 2.05) is 12.1 Å². The van der Waals surface area contributed by atoms with Crippen molar-refractivity contribution in [3.05, 3.63) is 24.7 Å². The lowest BCUT2D eigenvalue weighted by atomic mass is 10.2. The van der Waals surface area contributed by atoms with Crippen LogP contribution in [0.5, 0.6) is 0 Å². The molecule has 3 heterocycles. The van der Waals surface area contributed by atoms with Crippen LogP contribution in [0.25, 0.3) is 11.3 Å². The van der Waals surface area contributed by atoms with Crippen LogP contribution in [0.4, 0.5) is 5.82 Å². The number of nitrogens with one attached hydrogen (secondary N) is 3. The van der Waals surface area contributed by atoms with E-state index in [1.165, 1.54) is 0 Å². The fourth-order valence-corrected chi connectivity index (χ4v) is 1.95. The predicted octanol–water partition coefficient (Wildman–Crippen LogP) is 1.44. The minimum atomic E-state index is 0.487. The number of rotatable bonds is 3. The molecule has 0 aliphatic carbocycles. The molecular weight excluding hydrogens is 204 g/mol. The molecule has 3 N–H and O–H groups in total. The van der Waals surface area contributed by atoms with Crippen molar-refractivity contribution in [3.63, 3.8) is 0 Å².